The summed E-state index contributed by atoms with van der Waals surface area (Å²) in [6.07, 6.45) is 5.70. The van der Waals surface area contributed by atoms with Crippen LogP contribution < -0.4 is 16.0 Å². The molecule has 0 aliphatic heterocycles. The van der Waals surface area contributed by atoms with Crippen LogP contribution in [0.2, 0.25) is 0 Å². The number of rotatable bonds is 3. The Morgan fingerprint density at radius 2 is 1.72 bits per heavy atom. The van der Waals surface area contributed by atoms with Crippen molar-refractivity contribution in [1.29, 1.82) is 0 Å². The Kier molecular flexibility index (Phi) is 5.44. The van der Waals surface area contributed by atoms with E-state index in [1.165, 1.54) is 19.3 Å². The van der Waals surface area contributed by atoms with E-state index in [1.807, 2.05) is 20.8 Å². The van der Waals surface area contributed by atoms with Crippen molar-refractivity contribution < 1.29 is 9.59 Å². The van der Waals surface area contributed by atoms with Gasteiger partial charge in [-0.05, 0) is 33.6 Å². The van der Waals surface area contributed by atoms with Crippen molar-refractivity contribution in [3.63, 3.8) is 0 Å². The third-order valence-corrected chi connectivity index (χ3v) is 2.86. The summed E-state index contributed by atoms with van der Waals surface area (Å²) < 4.78 is 0. The van der Waals surface area contributed by atoms with E-state index in [2.05, 4.69) is 16.0 Å². The summed E-state index contributed by atoms with van der Waals surface area (Å²) in [5, 5.41) is 8.29. The zero-order chi connectivity index (χ0) is 13.6. The molecular weight excluding hydrogens is 230 g/mol. The minimum Gasteiger partial charge on any atom is -0.350 e. The van der Waals surface area contributed by atoms with Crippen molar-refractivity contribution >= 4 is 11.9 Å². The van der Waals surface area contributed by atoms with Crippen LogP contribution in [-0.2, 0) is 4.79 Å². The van der Waals surface area contributed by atoms with Crippen molar-refractivity contribution in [1.82, 2.24) is 16.0 Å². The number of carbonyl (C=O) groups is 2. The van der Waals surface area contributed by atoms with E-state index >= 15 is 0 Å². The molecule has 0 aromatic carbocycles. The second kappa shape index (κ2) is 6.61. The van der Waals surface area contributed by atoms with Gasteiger partial charge in [-0.2, -0.15) is 0 Å². The Morgan fingerprint density at radius 3 is 2.28 bits per heavy atom. The molecule has 0 radical (unpaired) electrons. The molecular formula is C13H25N3O2. The number of hydrogen-bond donors (Lipinski definition) is 3. The Balaban J connectivity index is 2.18. The van der Waals surface area contributed by atoms with Crippen LogP contribution in [0.1, 0.15) is 52.9 Å². The van der Waals surface area contributed by atoms with Gasteiger partial charge in [0.05, 0.1) is 6.54 Å². The molecule has 104 valence electrons. The van der Waals surface area contributed by atoms with Crippen LogP contribution in [0.3, 0.4) is 0 Å². The first-order chi connectivity index (χ1) is 8.37. The van der Waals surface area contributed by atoms with Gasteiger partial charge in [-0.25, -0.2) is 4.79 Å². The van der Waals surface area contributed by atoms with E-state index in [4.69, 9.17) is 0 Å². The lowest BCUT2D eigenvalue weighted by molar-refractivity contribution is -0.121. The third kappa shape index (κ3) is 6.47. The van der Waals surface area contributed by atoms with Crippen LogP contribution in [-0.4, -0.2) is 30.1 Å². The molecule has 5 nitrogen and oxygen atoms in total. The molecule has 0 unspecified atom stereocenters. The number of nitrogens with one attached hydrogen (secondary N) is 3. The van der Waals surface area contributed by atoms with Crippen LogP contribution in [0.4, 0.5) is 4.79 Å². The molecule has 0 atom stereocenters. The molecule has 18 heavy (non-hydrogen) atoms. The zero-order valence-corrected chi connectivity index (χ0v) is 11.6. The standard InChI is InChI=1S/C13H25N3O2/c1-13(2,3)16-11(17)9-14-12(18)15-10-7-5-4-6-8-10/h10H,4-9H2,1-3H3,(H,16,17)(H2,14,15,18). The van der Waals surface area contributed by atoms with Gasteiger partial charge in [0.15, 0.2) is 0 Å². The number of urea groups is 1. The molecule has 1 fully saturated rings. The summed E-state index contributed by atoms with van der Waals surface area (Å²) in [6, 6.07) is 0.0235. The third-order valence-electron chi connectivity index (χ3n) is 2.86. The van der Waals surface area contributed by atoms with E-state index in [1.54, 1.807) is 0 Å². The van der Waals surface area contributed by atoms with Gasteiger partial charge in [-0.3, -0.25) is 4.79 Å². The van der Waals surface area contributed by atoms with E-state index in [0.717, 1.165) is 12.8 Å². The molecule has 1 aliphatic rings. The second-order valence-corrected chi connectivity index (χ2v) is 5.96. The normalized spacial score (nSPS) is 17.1. The molecule has 1 rings (SSSR count). The van der Waals surface area contributed by atoms with Crippen molar-refractivity contribution in [3.05, 3.63) is 0 Å². The lowest BCUT2D eigenvalue weighted by Crippen LogP contribution is -2.49. The van der Waals surface area contributed by atoms with Gasteiger partial charge in [0.2, 0.25) is 5.91 Å². The SMILES string of the molecule is CC(C)(C)NC(=O)CNC(=O)NC1CCCCC1. The van der Waals surface area contributed by atoms with Crippen LogP contribution >= 0.6 is 0 Å². The number of amides is 3. The van der Waals surface area contributed by atoms with Gasteiger partial charge >= 0.3 is 6.03 Å². The summed E-state index contributed by atoms with van der Waals surface area (Å²) in [5.41, 5.74) is -0.265. The van der Waals surface area contributed by atoms with Crippen LogP contribution in [0.5, 0.6) is 0 Å². The number of hydrogen-bond acceptors (Lipinski definition) is 2. The van der Waals surface area contributed by atoms with E-state index in [0.29, 0.717) is 0 Å². The van der Waals surface area contributed by atoms with Crippen molar-refractivity contribution in [3.8, 4) is 0 Å². The topological polar surface area (TPSA) is 70.2 Å². The van der Waals surface area contributed by atoms with Gasteiger partial charge in [0, 0.05) is 11.6 Å². The van der Waals surface area contributed by atoms with E-state index in [-0.39, 0.29) is 30.1 Å². The first-order valence-electron chi connectivity index (χ1n) is 6.72. The van der Waals surface area contributed by atoms with Crippen molar-refractivity contribution in [2.45, 2.75) is 64.5 Å². The molecule has 0 saturated heterocycles. The highest BCUT2D eigenvalue weighted by Crippen LogP contribution is 2.16. The van der Waals surface area contributed by atoms with Crippen molar-refractivity contribution in [2.24, 2.45) is 0 Å². The van der Waals surface area contributed by atoms with Gasteiger partial charge in [-0.15, -0.1) is 0 Å². The fourth-order valence-electron chi connectivity index (χ4n) is 2.11. The smallest absolute Gasteiger partial charge is 0.315 e. The Morgan fingerprint density at radius 1 is 1.11 bits per heavy atom. The first kappa shape index (κ1) is 14.8. The fraction of sp³-hybridized carbons (Fsp3) is 0.846. The minimum absolute atomic E-state index is 0.0236. The Hall–Kier alpha value is -1.26. The van der Waals surface area contributed by atoms with Gasteiger partial charge in [-0.1, -0.05) is 19.3 Å². The van der Waals surface area contributed by atoms with Crippen molar-refractivity contribution in [2.75, 3.05) is 6.54 Å². The molecule has 0 heterocycles. The molecule has 0 aromatic heterocycles. The van der Waals surface area contributed by atoms with Gasteiger partial charge in [0.25, 0.3) is 0 Å². The highest BCUT2D eigenvalue weighted by molar-refractivity contribution is 5.84. The molecule has 0 bridgehead atoms. The monoisotopic (exact) mass is 255 g/mol. The average molecular weight is 255 g/mol. The lowest BCUT2D eigenvalue weighted by Gasteiger charge is -2.23. The first-order valence-corrected chi connectivity index (χ1v) is 6.72. The van der Waals surface area contributed by atoms with Crippen LogP contribution in [0.15, 0.2) is 0 Å². The Bertz CT molecular complexity index is 291. The average Bonchev–Trinajstić information content (AvgIpc) is 2.25. The van der Waals surface area contributed by atoms with Gasteiger partial charge < -0.3 is 16.0 Å². The highest BCUT2D eigenvalue weighted by atomic mass is 16.2. The summed E-state index contributed by atoms with van der Waals surface area (Å²) >= 11 is 0. The predicted octanol–water partition coefficient (Wildman–Crippen LogP) is 1.53. The summed E-state index contributed by atoms with van der Waals surface area (Å²) in [6.45, 7) is 5.75. The fourth-order valence-corrected chi connectivity index (χ4v) is 2.11. The van der Waals surface area contributed by atoms with Crippen LogP contribution in [0, 0.1) is 0 Å². The van der Waals surface area contributed by atoms with Crippen LogP contribution in [0.25, 0.3) is 0 Å². The van der Waals surface area contributed by atoms with E-state index < -0.39 is 0 Å². The van der Waals surface area contributed by atoms with E-state index in [9.17, 15) is 9.59 Å². The second-order valence-electron chi connectivity index (χ2n) is 5.96. The maximum atomic E-state index is 11.6. The summed E-state index contributed by atoms with van der Waals surface area (Å²) in [7, 11) is 0. The quantitative estimate of drug-likeness (QED) is 0.716. The summed E-state index contributed by atoms with van der Waals surface area (Å²) in [4.78, 5) is 23.1. The highest BCUT2D eigenvalue weighted by Gasteiger charge is 2.17. The molecule has 1 aliphatic carbocycles. The van der Waals surface area contributed by atoms with Gasteiger partial charge in [0.1, 0.15) is 0 Å². The lowest BCUT2D eigenvalue weighted by atomic mass is 9.96. The largest absolute Gasteiger partial charge is 0.350 e. The molecule has 0 spiro atoms. The molecule has 5 heteroatoms. The molecule has 3 N–H and O–H groups in total. The molecule has 1 saturated carbocycles. The molecule has 3 amide bonds. The number of carbonyl (C=O) groups excluding carboxylic acids is 2. The molecule has 0 aromatic rings. The Labute approximate surface area is 109 Å². The minimum atomic E-state index is -0.265. The summed E-state index contributed by atoms with van der Waals surface area (Å²) in [5.74, 6) is -0.165. The predicted molar refractivity (Wildman–Crippen MR) is 71.3 cm³/mol. The maximum absolute atomic E-state index is 11.6. The maximum Gasteiger partial charge on any atom is 0.315 e. The zero-order valence-electron chi connectivity index (χ0n) is 11.6.